The third kappa shape index (κ3) is 3.38. The summed E-state index contributed by atoms with van der Waals surface area (Å²) in [7, 11) is 1.66. The van der Waals surface area contributed by atoms with Crippen LogP contribution in [0.3, 0.4) is 0 Å². The Morgan fingerprint density at radius 3 is 2.50 bits per heavy atom. The van der Waals surface area contributed by atoms with Crippen molar-refractivity contribution in [2.75, 3.05) is 7.11 Å². The number of hydrogen-bond donors (Lipinski definition) is 1. The third-order valence-electron chi connectivity index (χ3n) is 4.83. The molecule has 4 aromatic rings. The molecule has 1 aliphatic rings. The van der Waals surface area contributed by atoms with Gasteiger partial charge < -0.3 is 4.74 Å². The smallest absolute Gasteiger partial charge is 0.213 e. The molecule has 1 atom stereocenters. The molecule has 0 saturated heterocycles. The predicted octanol–water partition coefficient (Wildman–Crippen LogP) is 4.74. The van der Waals surface area contributed by atoms with Gasteiger partial charge in [0.2, 0.25) is 11.0 Å². The van der Waals surface area contributed by atoms with Crippen molar-refractivity contribution in [3.63, 3.8) is 0 Å². The Morgan fingerprint density at radius 2 is 1.77 bits per heavy atom. The molecule has 0 aliphatic carbocycles. The zero-order chi connectivity index (χ0) is 20.7. The topological polar surface area (TPSA) is 81.0 Å². The number of fused-ring (bicyclic) bond motifs is 1. The normalized spacial score (nSPS) is 15.6. The van der Waals surface area contributed by atoms with E-state index in [9.17, 15) is 0 Å². The fourth-order valence-corrected chi connectivity index (χ4v) is 4.31. The summed E-state index contributed by atoms with van der Waals surface area (Å²) in [6.45, 7) is 2.11. The molecular weight excluding hydrogens is 420 g/mol. The summed E-state index contributed by atoms with van der Waals surface area (Å²) < 4.78 is 7.03. The molecule has 9 heteroatoms. The highest BCUT2D eigenvalue weighted by molar-refractivity contribution is 8.00. The SMILES string of the molecule is COc1ccc(C2=Nn3c(nnc3-c3cc(-c4ccc(Cl)cc4)n[nH]3)S[C@@H]2C)cc1. The molecule has 0 spiro atoms. The molecule has 0 saturated carbocycles. The highest BCUT2D eigenvalue weighted by Crippen LogP contribution is 2.33. The lowest BCUT2D eigenvalue weighted by Crippen LogP contribution is -2.21. The van der Waals surface area contributed by atoms with Gasteiger partial charge in [-0.25, -0.2) is 0 Å². The number of halogens is 1. The number of hydrogen-bond acceptors (Lipinski definition) is 6. The van der Waals surface area contributed by atoms with Gasteiger partial charge in [0, 0.05) is 10.6 Å². The van der Waals surface area contributed by atoms with Gasteiger partial charge in [-0.05, 0) is 55.0 Å². The highest BCUT2D eigenvalue weighted by atomic mass is 35.5. The minimum absolute atomic E-state index is 0.148. The Morgan fingerprint density at radius 1 is 1.03 bits per heavy atom. The summed E-state index contributed by atoms with van der Waals surface area (Å²) >= 11 is 7.61. The number of thioether (sulfide) groups is 1. The number of aromatic amines is 1. The third-order valence-corrected chi connectivity index (χ3v) is 6.13. The molecule has 0 bridgehead atoms. The first kappa shape index (κ1) is 18.9. The Kier molecular flexibility index (Phi) is 4.80. The number of nitrogens with one attached hydrogen (secondary N) is 1. The first-order chi connectivity index (χ1) is 14.6. The number of rotatable bonds is 4. The second-order valence-electron chi connectivity index (χ2n) is 6.77. The minimum atomic E-state index is 0.148. The molecule has 0 unspecified atom stereocenters. The largest absolute Gasteiger partial charge is 0.497 e. The van der Waals surface area contributed by atoms with Crippen LogP contribution in [0, 0.1) is 0 Å². The number of nitrogens with zero attached hydrogens (tertiary/aromatic N) is 5. The van der Waals surface area contributed by atoms with Gasteiger partial charge in [0.05, 0.1) is 23.8 Å². The van der Waals surface area contributed by atoms with E-state index >= 15 is 0 Å². The van der Waals surface area contributed by atoms with E-state index in [2.05, 4.69) is 27.3 Å². The Bertz CT molecular complexity index is 1230. The van der Waals surface area contributed by atoms with Gasteiger partial charge in [-0.3, -0.25) is 5.10 Å². The van der Waals surface area contributed by atoms with Crippen molar-refractivity contribution in [3.05, 3.63) is 65.2 Å². The number of benzene rings is 2. The number of ether oxygens (including phenoxy) is 1. The lowest BCUT2D eigenvalue weighted by Gasteiger charge is -2.19. The van der Waals surface area contributed by atoms with Crippen LogP contribution in [0.25, 0.3) is 22.8 Å². The second-order valence-corrected chi connectivity index (χ2v) is 8.51. The molecule has 5 rings (SSSR count). The van der Waals surface area contributed by atoms with E-state index in [1.807, 2.05) is 54.6 Å². The van der Waals surface area contributed by atoms with Gasteiger partial charge in [0.1, 0.15) is 11.4 Å². The summed E-state index contributed by atoms with van der Waals surface area (Å²) in [5, 5.41) is 22.6. The van der Waals surface area contributed by atoms with Crippen molar-refractivity contribution >= 4 is 29.1 Å². The summed E-state index contributed by atoms with van der Waals surface area (Å²) in [6, 6.07) is 17.4. The van der Waals surface area contributed by atoms with E-state index in [4.69, 9.17) is 21.4 Å². The van der Waals surface area contributed by atoms with Crippen LogP contribution in [-0.4, -0.2) is 43.1 Å². The molecule has 0 amide bonds. The highest BCUT2D eigenvalue weighted by Gasteiger charge is 2.27. The first-order valence-corrected chi connectivity index (χ1v) is 10.6. The molecule has 150 valence electrons. The molecule has 0 fully saturated rings. The van der Waals surface area contributed by atoms with Gasteiger partial charge in [-0.2, -0.15) is 14.9 Å². The molecule has 2 aromatic carbocycles. The van der Waals surface area contributed by atoms with Crippen LogP contribution in [0.15, 0.2) is 64.9 Å². The van der Waals surface area contributed by atoms with Gasteiger partial charge in [-0.15, -0.1) is 10.2 Å². The lowest BCUT2D eigenvalue weighted by atomic mass is 10.1. The van der Waals surface area contributed by atoms with E-state index in [-0.39, 0.29) is 5.25 Å². The monoisotopic (exact) mass is 436 g/mol. The Balaban J connectivity index is 1.52. The van der Waals surface area contributed by atoms with E-state index in [0.717, 1.165) is 39.1 Å². The predicted molar refractivity (Wildman–Crippen MR) is 118 cm³/mol. The molecular formula is C21H17ClN6OS. The minimum Gasteiger partial charge on any atom is -0.497 e. The van der Waals surface area contributed by atoms with Crippen LogP contribution >= 0.6 is 23.4 Å². The van der Waals surface area contributed by atoms with Gasteiger partial charge in [0.15, 0.2) is 0 Å². The average Bonchev–Trinajstić information content (AvgIpc) is 3.40. The number of methoxy groups -OCH3 is 1. The van der Waals surface area contributed by atoms with Crippen molar-refractivity contribution in [3.8, 4) is 28.5 Å². The standard InChI is InChI=1S/C21H17ClN6OS/c1-12-19(14-5-9-16(29-2)10-6-14)27-28-20(25-26-21(28)30-12)18-11-17(23-24-18)13-3-7-15(22)8-4-13/h3-12H,1-2H3,(H,23,24)/t12-/m1/s1. The van der Waals surface area contributed by atoms with Crippen LogP contribution in [0.2, 0.25) is 5.02 Å². The number of H-pyrrole nitrogens is 1. The lowest BCUT2D eigenvalue weighted by molar-refractivity contribution is 0.415. The van der Waals surface area contributed by atoms with E-state index < -0.39 is 0 Å². The van der Waals surface area contributed by atoms with Crippen molar-refractivity contribution < 1.29 is 4.74 Å². The van der Waals surface area contributed by atoms with Gasteiger partial charge in [-0.1, -0.05) is 35.5 Å². The first-order valence-electron chi connectivity index (χ1n) is 9.29. The van der Waals surface area contributed by atoms with Crippen LogP contribution in [0.5, 0.6) is 5.75 Å². The van der Waals surface area contributed by atoms with Crippen molar-refractivity contribution in [1.82, 2.24) is 25.1 Å². The maximum Gasteiger partial charge on any atom is 0.213 e. The number of aromatic nitrogens is 5. The fraction of sp³-hybridized carbons (Fsp3) is 0.143. The molecule has 2 aromatic heterocycles. The summed E-state index contributed by atoms with van der Waals surface area (Å²) in [6.07, 6.45) is 0. The molecule has 7 nitrogen and oxygen atoms in total. The Labute approximate surface area is 182 Å². The zero-order valence-corrected chi connectivity index (χ0v) is 17.8. The van der Waals surface area contributed by atoms with Crippen molar-refractivity contribution in [1.29, 1.82) is 0 Å². The van der Waals surface area contributed by atoms with Crippen molar-refractivity contribution in [2.24, 2.45) is 5.10 Å². The molecule has 30 heavy (non-hydrogen) atoms. The fourth-order valence-electron chi connectivity index (χ4n) is 3.26. The maximum atomic E-state index is 5.98. The Hall–Kier alpha value is -3.10. The molecule has 0 radical (unpaired) electrons. The average molecular weight is 437 g/mol. The van der Waals surface area contributed by atoms with Crippen LogP contribution < -0.4 is 4.74 Å². The van der Waals surface area contributed by atoms with Crippen LogP contribution in [-0.2, 0) is 0 Å². The van der Waals surface area contributed by atoms with Gasteiger partial charge in [0.25, 0.3) is 0 Å². The van der Waals surface area contributed by atoms with E-state index in [1.54, 1.807) is 23.5 Å². The van der Waals surface area contributed by atoms with Crippen LogP contribution in [0.1, 0.15) is 12.5 Å². The van der Waals surface area contributed by atoms with Crippen molar-refractivity contribution in [2.45, 2.75) is 17.3 Å². The zero-order valence-electron chi connectivity index (χ0n) is 16.2. The molecule has 3 heterocycles. The maximum absolute atomic E-state index is 5.98. The van der Waals surface area contributed by atoms with Gasteiger partial charge >= 0.3 is 0 Å². The summed E-state index contributed by atoms with van der Waals surface area (Å²) in [5.41, 5.74) is 4.49. The van der Waals surface area contributed by atoms with E-state index in [0.29, 0.717) is 10.8 Å². The quantitative estimate of drug-likeness (QED) is 0.499. The summed E-state index contributed by atoms with van der Waals surface area (Å²) in [5.74, 6) is 1.43. The second kappa shape index (κ2) is 7.62. The summed E-state index contributed by atoms with van der Waals surface area (Å²) in [4.78, 5) is 0. The van der Waals surface area contributed by atoms with E-state index in [1.165, 1.54) is 0 Å². The molecule has 1 aliphatic heterocycles. The van der Waals surface area contributed by atoms with Crippen LogP contribution in [0.4, 0.5) is 0 Å². The molecule has 1 N–H and O–H groups in total.